The van der Waals surface area contributed by atoms with Crippen LogP contribution in [0.25, 0.3) is 0 Å². The maximum atomic E-state index is 11.8. The number of rotatable bonds is 4. The molecular formula is C9H17F2N3O. The number of carbonyl (C=O) groups is 1. The molecule has 0 spiro atoms. The molecular weight excluding hydrogens is 204 g/mol. The summed E-state index contributed by atoms with van der Waals surface area (Å²) in [6.07, 6.45) is -0.286. The minimum Gasteiger partial charge on any atom is -0.350 e. The van der Waals surface area contributed by atoms with E-state index in [1.54, 1.807) is 5.01 Å². The number of nitrogens with one attached hydrogen (secondary N) is 1. The van der Waals surface area contributed by atoms with E-state index in [0.29, 0.717) is 13.0 Å². The Kier molecular flexibility index (Phi) is 4.90. The van der Waals surface area contributed by atoms with Gasteiger partial charge < -0.3 is 5.32 Å². The summed E-state index contributed by atoms with van der Waals surface area (Å²) in [6.45, 7) is 0.954. The van der Waals surface area contributed by atoms with Crippen molar-refractivity contribution in [3.8, 4) is 0 Å². The zero-order valence-corrected chi connectivity index (χ0v) is 8.59. The highest BCUT2D eigenvalue weighted by atomic mass is 19.3. The Morgan fingerprint density at radius 2 is 2.33 bits per heavy atom. The number of hydrogen-bond acceptors (Lipinski definition) is 3. The van der Waals surface area contributed by atoms with E-state index in [1.807, 2.05) is 0 Å². The zero-order valence-electron chi connectivity index (χ0n) is 8.59. The van der Waals surface area contributed by atoms with Crippen molar-refractivity contribution in [3.63, 3.8) is 0 Å². The minimum atomic E-state index is -2.48. The SMILES string of the molecule is NN1CCC[C@H](CC(=O)NCC(F)F)C1. The normalized spacial score (nSPS) is 23.1. The molecule has 1 aliphatic rings. The molecule has 1 saturated heterocycles. The molecule has 0 bridgehead atoms. The highest BCUT2D eigenvalue weighted by Crippen LogP contribution is 2.17. The van der Waals surface area contributed by atoms with Gasteiger partial charge in [-0.1, -0.05) is 0 Å². The molecule has 1 rings (SSSR count). The summed E-state index contributed by atoms with van der Waals surface area (Å²) in [5.41, 5.74) is 0. The maximum absolute atomic E-state index is 11.8. The first-order chi connectivity index (χ1) is 7.08. The second-order valence-electron chi connectivity index (χ2n) is 3.90. The lowest BCUT2D eigenvalue weighted by atomic mass is 9.95. The van der Waals surface area contributed by atoms with Gasteiger partial charge in [-0.05, 0) is 18.8 Å². The van der Waals surface area contributed by atoms with Crippen LogP contribution in [0.3, 0.4) is 0 Å². The van der Waals surface area contributed by atoms with E-state index in [9.17, 15) is 13.6 Å². The highest BCUT2D eigenvalue weighted by molar-refractivity contribution is 5.76. The fourth-order valence-electron chi connectivity index (χ4n) is 1.79. The van der Waals surface area contributed by atoms with Crippen LogP contribution in [0.15, 0.2) is 0 Å². The Balaban J connectivity index is 2.19. The predicted octanol–water partition coefficient (Wildman–Crippen LogP) is 0.343. The topological polar surface area (TPSA) is 58.4 Å². The quantitative estimate of drug-likeness (QED) is 0.673. The largest absolute Gasteiger partial charge is 0.350 e. The number of hydrazine groups is 1. The molecule has 0 aliphatic carbocycles. The van der Waals surface area contributed by atoms with Crippen LogP contribution in [0.5, 0.6) is 0 Å². The highest BCUT2D eigenvalue weighted by Gasteiger charge is 2.20. The van der Waals surface area contributed by atoms with Gasteiger partial charge in [-0.3, -0.25) is 10.6 Å². The van der Waals surface area contributed by atoms with Crippen LogP contribution in [0.1, 0.15) is 19.3 Å². The lowest BCUT2D eigenvalue weighted by Gasteiger charge is -2.28. The third-order valence-corrected chi connectivity index (χ3v) is 2.48. The third-order valence-electron chi connectivity index (χ3n) is 2.48. The molecule has 4 nitrogen and oxygen atoms in total. The van der Waals surface area contributed by atoms with Gasteiger partial charge in [0.15, 0.2) is 0 Å². The van der Waals surface area contributed by atoms with E-state index in [4.69, 9.17) is 5.84 Å². The lowest BCUT2D eigenvalue weighted by Crippen LogP contribution is -2.42. The van der Waals surface area contributed by atoms with Crippen LogP contribution in [-0.2, 0) is 4.79 Å². The zero-order chi connectivity index (χ0) is 11.3. The van der Waals surface area contributed by atoms with Crippen molar-refractivity contribution in [1.29, 1.82) is 0 Å². The van der Waals surface area contributed by atoms with E-state index in [-0.39, 0.29) is 11.8 Å². The van der Waals surface area contributed by atoms with Crippen LogP contribution >= 0.6 is 0 Å². The van der Waals surface area contributed by atoms with Gasteiger partial charge in [0, 0.05) is 19.5 Å². The van der Waals surface area contributed by atoms with Crippen molar-refractivity contribution in [3.05, 3.63) is 0 Å². The Labute approximate surface area is 87.8 Å². The van der Waals surface area contributed by atoms with Crippen molar-refractivity contribution >= 4 is 5.91 Å². The Morgan fingerprint density at radius 3 is 2.93 bits per heavy atom. The molecule has 1 fully saturated rings. The molecule has 3 N–H and O–H groups in total. The summed E-state index contributed by atoms with van der Waals surface area (Å²) in [4.78, 5) is 11.2. The molecule has 1 aliphatic heterocycles. The van der Waals surface area contributed by atoms with Gasteiger partial charge in [-0.15, -0.1) is 0 Å². The summed E-state index contributed by atoms with van der Waals surface area (Å²) < 4.78 is 23.6. The fraction of sp³-hybridized carbons (Fsp3) is 0.889. The number of hydrogen-bond donors (Lipinski definition) is 2. The molecule has 6 heteroatoms. The average molecular weight is 221 g/mol. The molecule has 1 amide bonds. The molecule has 0 radical (unpaired) electrons. The molecule has 88 valence electrons. The van der Waals surface area contributed by atoms with Crippen molar-refractivity contribution < 1.29 is 13.6 Å². The van der Waals surface area contributed by atoms with Gasteiger partial charge in [0.25, 0.3) is 6.43 Å². The van der Waals surface area contributed by atoms with Crippen molar-refractivity contribution in [2.45, 2.75) is 25.7 Å². The maximum Gasteiger partial charge on any atom is 0.255 e. The van der Waals surface area contributed by atoms with Crippen LogP contribution in [0.4, 0.5) is 8.78 Å². The predicted molar refractivity (Wildman–Crippen MR) is 52.1 cm³/mol. The fourth-order valence-corrected chi connectivity index (χ4v) is 1.79. The molecule has 1 heterocycles. The molecule has 15 heavy (non-hydrogen) atoms. The lowest BCUT2D eigenvalue weighted by molar-refractivity contribution is -0.123. The first-order valence-electron chi connectivity index (χ1n) is 5.12. The van der Waals surface area contributed by atoms with E-state index in [1.165, 1.54) is 0 Å². The summed E-state index contributed by atoms with van der Waals surface area (Å²) in [7, 11) is 0. The second kappa shape index (κ2) is 5.97. The smallest absolute Gasteiger partial charge is 0.255 e. The molecule has 0 aromatic carbocycles. The van der Waals surface area contributed by atoms with E-state index in [2.05, 4.69) is 5.32 Å². The summed E-state index contributed by atoms with van der Waals surface area (Å²) >= 11 is 0. The van der Waals surface area contributed by atoms with Gasteiger partial charge in [-0.25, -0.2) is 13.8 Å². The first-order valence-corrected chi connectivity index (χ1v) is 5.12. The number of carbonyl (C=O) groups excluding carboxylic acids is 1. The van der Waals surface area contributed by atoms with E-state index >= 15 is 0 Å². The minimum absolute atomic E-state index is 0.196. The molecule has 0 unspecified atom stereocenters. The van der Waals surface area contributed by atoms with Gasteiger partial charge in [0.05, 0.1) is 6.54 Å². The number of piperidine rings is 1. The van der Waals surface area contributed by atoms with Crippen LogP contribution in [0, 0.1) is 5.92 Å². The number of alkyl halides is 2. The monoisotopic (exact) mass is 221 g/mol. The van der Waals surface area contributed by atoms with Crippen molar-refractivity contribution in [2.75, 3.05) is 19.6 Å². The van der Waals surface area contributed by atoms with E-state index < -0.39 is 13.0 Å². The van der Waals surface area contributed by atoms with Gasteiger partial charge >= 0.3 is 0 Å². The van der Waals surface area contributed by atoms with Gasteiger partial charge in [0.2, 0.25) is 5.91 Å². The summed E-state index contributed by atoms with van der Waals surface area (Å²) in [5, 5.41) is 3.87. The van der Waals surface area contributed by atoms with Crippen LogP contribution in [0.2, 0.25) is 0 Å². The van der Waals surface area contributed by atoms with E-state index in [0.717, 1.165) is 19.4 Å². The Bertz CT molecular complexity index is 214. The number of halogens is 2. The molecule has 0 aromatic heterocycles. The Hall–Kier alpha value is -0.750. The van der Waals surface area contributed by atoms with Gasteiger partial charge in [-0.2, -0.15) is 0 Å². The standard InChI is InChI=1S/C9H17F2N3O/c10-8(11)5-13-9(15)4-7-2-1-3-14(12)6-7/h7-8H,1-6,12H2,(H,13,15)/t7-/m1/s1. The molecule has 0 saturated carbocycles. The molecule has 0 aromatic rings. The molecule has 1 atom stereocenters. The summed E-state index contributed by atoms with van der Waals surface area (Å²) in [6, 6.07) is 0. The summed E-state index contributed by atoms with van der Waals surface area (Å²) in [5.74, 6) is 5.49. The third kappa shape index (κ3) is 5.03. The van der Waals surface area contributed by atoms with Gasteiger partial charge in [0.1, 0.15) is 0 Å². The van der Waals surface area contributed by atoms with Crippen molar-refractivity contribution in [2.24, 2.45) is 11.8 Å². The van der Waals surface area contributed by atoms with Crippen molar-refractivity contribution in [1.82, 2.24) is 10.3 Å². The average Bonchev–Trinajstić information content (AvgIpc) is 2.15. The first kappa shape index (κ1) is 12.3. The van der Waals surface area contributed by atoms with Crippen LogP contribution < -0.4 is 11.2 Å². The Morgan fingerprint density at radius 1 is 1.60 bits per heavy atom. The number of nitrogens with two attached hydrogens (primary N) is 1. The number of nitrogens with zero attached hydrogens (tertiary/aromatic N) is 1. The van der Waals surface area contributed by atoms with Crippen LogP contribution in [-0.4, -0.2) is 37.0 Å². The number of amides is 1. The second-order valence-corrected chi connectivity index (χ2v) is 3.90.